The normalized spacial score (nSPS) is 14.3. The number of unbranched alkanes of at least 4 members (excludes halogenated alkanes) is 1. The molecule has 0 heterocycles. The Morgan fingerprint density at radius 3 is 1.93 bits per heavy atom. The third-order valence-corrected chi connectivity index (χ3v) is 4.21. The number of carbonyl (C=O) groups is 4. The zero-order chi connectivity index (χ0) is 21.9. The van der Waals surface area contributed by atoms with Gasteiger partial charge in [0.1, 0.15) is 18.1 Å². The van der Waals surface area contributed by atoms with Crippen LogP contribution in [0.15, 0.2) is 0 Å². The Labute approximate surface area is 167 Å². The lowest BCUT2D eigenvalue weighted by Gasteiger charge is -2.27. The van der Waals surface area contributed by atoms with Gasteiger partial charge in [-0.25, -0.2) is 4.79 Å². The SMILES string of the molecule is CC(=O)N[C@@H](CC(C)C)C(=O)N[C@H](C(=O)N[C@@H](CCCCN)C(=O)O)C(C)C. The molecule has 162 valence electrons. The summed E-state index contributed by atoms with van der Waals surface area (Å²) in [5.41, 5.74) is 5.42. The van der Waals surface area contributed by atoms with Crippen molar-refractivity contribution in [2.75, 3.05) is 6.54 Å². The molecule has 3 amide bonds. The van der Waals surface area contributed by atoms with E-state index in [0.29, 0.717) is 25.8 Å². The molecule has 28 heavy (non-hydrogen) atoms. The molecule has 0 bridgehead atoms. The average molecular weight is 401 g/mol. The smallest absolute Gasteiger partial charge is 0.326 e. The van der Waals surface area contributed by atoms with Crippen LogP contribution in [0.1, 0.15) is 60.3 Å². The minimum atomic E-state index is -1.13. The first-order chi connectivity index (χ1) is 13.0. The molecule has 0 aliphatic rings. The largest absolute Gasteiger partial charge is 0.480 e. The van der Waals surface area contributed by atoms with Gasteiger partial charge < -0.3 is 26.8 Å². The molecule has 0 aliphatic carbocycles. The Bertz CT molecular complexity index is 536. The van der Waals surface area contributed by atoms with Gasteiger partial charge in [0.15, 0.2) is 0 Å². The number of hydrogen-bond donors (Lipinski definition) is 5. The number of carboxylic acid groups (broad SMARTS) is 1. The molecular formula is C19H36N4O5. The highest BCUT2D eigenvalue weighted by atomic mass is 16.4. The van der Waals surface area contributed by atoms with E-state index >= 15 is 0 Å². The maximum Gasteiger partial charge on any atom is 0.326 e. The van der Waals surface area contributed by atoms with Crippen LogP contribution in [0.25, 0.3) is 0 Å². The van der Waals surface area contributed by atoms with E-state index in [1.807, 2.05) is 13.8 Å². The van der Waals surface area contributed by atoms with E-state index in [4.69, 9.17) is 5.73 Å². The van der Waals surface area contributed by atoms with Crippen molar-refractivity contribution in [1.82, 2.24) is 16.0 Å². The van der Waals surface area contributed by atoms with Crippen LogP contribution in [0, 0.1) is 11.8 Å². The van der Waals surface area contributed by atoms with Crippen molar-refractivity contribution < 1.29 is 24.3 Å². The van der Waals surface area contributed by atoms with Gasteiger partial charge in [-0.3, -0.25) is 14.4 Å². The zero-order valence-electron chi connectivity index (χ0n) is 17.6. The molecule has 0 fully saturated rings. The first-order valence-electron chi connectivity index (χ1n) is 9.80. The molecule has 0 aromatic rings. The van der Waals surface area contributed by atoms with Gasteiger partial charge in [0, 0.05) is 6.92 Å². The highest BCUT2D eigenvalue weighted by molar-refractivity contribution is 5.93. The van der Waals surface area contributed by atoms with Crippen LogP contribution in [0.5, 0.6) is 0 Å². The van der Waals surface area contributed by atoms with Crippen LogP contribution < -0.4 is 21.7 Å². The molecule has 0 aromatic carbocycles. The summed E-state index contributed by atoms with van der Waals surface area (Å²) in [6.45, 7) is 9.13. The predicted molar refractivity (Wildman–Crippen MR) is 106 cm³/mol. The van der Waals surface area contributed by atoms with Crippen molar-refractivity contribution in [3.05, 3.63) is 0 Å². The number of nitrogens with one attached hydrogen (secondary N) is 3. The topological polar surface area (TPSA) is 151 Å². The first kappa shape index (κ1) is 25.8. The third kappa shape index (κ3) is 10.2. The molecule has 9 heteroatoms. The summed E-state index contributed by atoms with van der Waals surface area (Å²) in [6, 6.07) is -2.71. The van der Waals surface area contributed by atoms with Crippen LogP contribution in [0.4, 0.5) is 0 Å². The fraction of sp³-hybridized carbons (Fsp3) is 0.789. The summed E-state index contributed by atoms with van der Waals surface area (Å²) in [6.07, 6.45) is 1.93. The van der Waals surface area contributed by atoms with Crippen LogP contribution >= 0.6 is 0 Å². The molecule has 3 atom stereocenters. The van der Waals surface area contributed by atoms with Crippen molar-refractivity contribution in [3.63, 3.8) is 0 Å². The third-order valence-electron chi connectivity index (χ3n) is 4.21. The standard InChI is InChI=1S/C19H36N4O5/c1-11(2)10-15(21-13(5)24)17(25)23-16(12(3)4)18(26)22-14(19(27)28)8-6-7-9-20/h11-12,14-16H,6-10,20H2,1-5H3,(H,21,24)(H,22,26)(H,23,25)(H,27,28)/t14-,15-,16-/m0/s1. The lowest BCUT2D eigenvalue weighted by atomic mass is 9.99. The van der Waals surface area contributed by atoms with Crippen LogP contribution in [0.3, 0.4) is 0 Å². The molecule has 9 nitrogen and oxygen atoms in total. The lowest BCUT2D eigenvalue weighted by molar-refractivity contribution is -0.142. The Morgan fingerprint density at radius 2 is 1.50 bits per heavy atom. The van der Waals surface area contributed by atoms with E-state index in [1.165, 1.54) is 6.92 Å². The zero-order valence-corrected chi connectivity index (χ0v) is 17.6. The Morgan fingerprint density at radius 1 is 0.893 bits per heavy atom. The van der Waals surface area contributed by atoms with Crippen LogP contribution in [-0.4, -0.2) is 53.5 Å². The van der Waals surface area contributed by atoms with Crippen molar-refractivity contribution in [3.8, 4) is 0 Å². The highest BCUT2D eigenvalue weighted by Gasteiger charge is 2.31. The fourth-order valence-corrected chi connectivity index (χ4v) is 2.75. The number of amides is 3. The number of carboxylic acids is 1. The highest BCUT2D eigenvalue weighted by Crippen LogP contribution is 2.09. The summed E-state index contributed by atoms with van der Waals surface area (Å²) < 4.78 is 0. The molecule has 0 saturated carbocycles. The molecule has 0 saturated heterocycles. The van der Waals surface area contributed by atoms with Crippen molar-refractivity contribution in [1.29, 1.82) is 0 Å². The van der Waals surface area contributed by atoms with Gasteiger partial charge in [-0.2, -0.15) is 0 Å². The van der Waals surface area contributed by atoms with Gasteiger partial charge >= 0.3 is 5.97 Å². The second-order valence-corrected chi connectivity index (χ2v) is 7.80. The first-order valence-corrected chi connectivity index (χ1v) is 9.80. The van der Waals surface area contributed by atoms with Crippen LogP contribution in [-0.2, 0) is 19.2 Å². The fourth-order valence-electron chi connectivity index (χ4n) is 2.75. The molecule has 0 spiro atoms. The molecule has 0 rings (SSSR count). The van der Waals surface area contributed by atoms with Crippen molar-refractivity contribution in [2.24, 2.45) is 17.6 Å². The van der Waals surface area contributed by atoms with Gasteiger partial charge in [0.05, 0.1) is 0 Å². The van der Waals surface area contributed by atoms with Gasteiger partial charge in [0.25, 0.3) is 0 Å². The monoisotopic (exact) mass is 400 g/mol. The molecule has 0 radical (unpaired) electrons. The number of hydrogen-bond acceptors (Lipinski definition) is 5. The van der Waals surface area contributed by atoms with E-state index in [2.05, 4.69) is 16.0 Å². The summed E-state index contributed by atoms with van der Waals surface area (Å²) in [5, 5.41) is 17.1. The maximum absolute atomic E-state index is 12.6. The average Bonchev–Trinajstić information content (AvgIpc) is 2.56. The van der Waals surface area contributed by atoms with E-state index < -0.39 is 35.9 Å². The van der Waals surface area contributed by atoms with E-state index in [0.717, 1.165) is 0 Å². The van der Waals surface area contributed by atoms with Gasteiger partial charge in [-0.15, -0.1) is 0 Å². The lowest BCUT2D eigenvalue weighted by Crippen LogP contribution is -2.57. The number of rotatable bonds is 13. The summed E-state index contributed by atoms with van der Waals surface area (Å²) in [7, 11) is 0. The summed E-state index contributed by atoms with van der Waals surface area (Å²) in [5.74, 6) is -2.60. The van der Waals surface area contributed by atoms with Gasteiger partial charge in [0.2, 0.25) is 17.7 Å². The Hall–Kier alpha value is -2.16. The van der Waals surface area contributed by atoms with Gasteiger partial charge in [-0.1, -0.05) is 27.7 Å². The molecule has 0 aromatic heterocycles. The summed E-state index contributed by atoms with van der Waals surface area (Å²) >= 11 is 0. The van der Waals surface area contributed by atoms with E-state index in [9.17, 15) is 24.3 Å². The molecule has 0 unspecified atom stereocenters. The van der Waals surface area contributed by atoms with E-state index in [1.54, 1.807) is 13.8 Å². The minimum absolute atomic E-state index is 0.160. The summed E-state index contributed by atoms with van der Waals surface area (Å²) in [4.78, 5) is 48.1. The second kappa shape index (κ2) is 13.1. The van der Waals surface area contributed by atoms with Gasteiger partial charge in [-0.05, 0) is 44.1 Å². The van der Waals surface area contributed by atoms with Crippen molar-refractivity contribution in [2.45, 2.75) is 78.4 Å². The van der Waals surface area contributed by atoms with Crippen molar-refractivity contribution >= 4 is 23.7 Å². The minimum Gasteiger partial charge on any atom is -0.480 e. The maximum atomic E-state index is 12.6. The predicted octanol–water partition coefficient (Wildman–Crippen LogP) is 0.376. The molecule has 0 aliphatic heterocycles. The number of carbonyl (C=O) groups excluding carboxylic acids is 3. The molecule has 6 N–H and O–H groups in total. The van der Waals surface area contributed by atoms with E-state index in [-0.39, 0.29) is 24.2 Å². The number of nitrogens with two attached hydrogens (primary N) is 1. The van der Waals surface area contributed by atoms with Crippen LogP contribution in [0.2, 0.25) is 0 Å². The Balaban J connectivity index is 5.15. The Kier molecular flexibility index (Phi) is 12.1. The second-order valence-electron chi connectivity index (χ2n) is 7.80. The molecular weight excluding hydrogens is 364 g/mol. The quantitative estimate of drug-likeness (QED) is 0.282. The number of aliphatic carboxylic acids is 1.